The molecule has 0 bridgehead atoms. The van der Waals surface area contributed by atoms with Gasteiger partial charge in [-0.3, -0.25) is 4.79 Å². The van der Waals surface area contributed by atoms with Crippen molar-refractivity contribution in [2.75, 3.05) is 13.2 Å². The zero-order valence-electron chi connectivity index (χ0n) is 24.7. The number of nitrogens with one attached hydrogen (secondary N) is 2. The molecule has 7 nitrogen and oxygen atoms in total. The molecule has 3 rings (SSSR count). The van der Waals surface area contributed by atoms with Crippen molar-refractivity contribution in [3.8, 4) is 11.1 Å². The number of carbonyl (C=O) groups is 3. The Bertz CT molecular complexity index is 1060. The maximum absolute atomic E-state index is 12.4. The zero-order valence-corrected chi connectivity index (χ0v) is 24.7. The van der Waals surface area contributed by atoms with Crippen LogP contribution in [0.15, 0.2) is 48.5 Å². The van der Waals surface area contributed by atoms with Gasteiger partial charge in [0.1, 0.15) is 12.6 Å². The predicted molar refractivity (Wildman–Crippen MR) is 163 cm³/mol. The number of carboxylic acid groups (broad SMARTS) is 1. The molecule has 0 heterocycles. The second kappa shape index (κ2) is 18.2. The van der Waals surface area contributed by atoms with Crippen LogP contribution in [0, 0.1) is 0 Å². The molecule has 224 valence electrons. The van der Waals surface area contributed by atoms with Crippen LogP contribution in [0.5, 0.6) is 0 Å². The summed E-state index contributed by atoms with van der Waals surface area (Å²) < 4.78 is 5.50. The summed E-state index contributed by atoms with van der Waals surface area (Å²) in [6, 6.07) is 15.2. The quantitative estimate of drug-likeness (QED) is 0.144. The van der Waals surface area contributed by atoms with Crippen molar-refractivity contribution < 1.29 is 24.2 Å². The van der Waals surface area contributed by atoms with E-state index in [1.165, 1.54) is 57.8 Å². The number of benzene rings is 2. The summed E-state index contributed by atoms with van der Waals surface area (Å²) in [6.07, 6.45) is 14.4. The first kappa shape index (κ1) is 32.2. The highest BCUT2D eigenvalue weighted by molar-refractivity contribution is 5.83. The maximum atomic E-state index is 12.4. The number of carbonyl (C=O) groups excluding carboxylic acids is 2. The third kappa shape index (κ3) is 10.9. The number of ether oxygens (including phenoxy) is 1. The van der Waals surface area contributed by atoms with E-state index in [1.807, 2.05) is 24.3 Å². The molecule has 0 saturated heterocycles. The molecule has 0 fully saturated rings. The molecule has 3 N–H and O–H groups in total. The molecule has 7 heteroatoms. The summed E-state index contributed by atoms with van der Waals surface area (Å²) in [6.45, 7) is 2.52. The van der Waals surface area contributed by atoms with Crippen LogP contribution >= 0.6 is 0 Å². The van der Waals surface area contributed by atoms with E-state index in [2.05, 4.69) is 41.8 Å². The van der Waals surface area contributed by atoms with Gasteiger partial charge in [-0.2, -0.15) is 0 Å². The van der Waals surface area contributed by atoms with Gasteiger partial charge in [0.05, 0.1) is 0 Å². The molecule has 1 atom stereocenters. The average Bonchev–Trinajstić information content (AvgIpc) is 3.29. The molecular formula is C34H48N2O5. The first-order valence-electron chi connectivity index (χ1n) is 15.6. The van der Waals surface area contributed by atoms with Gasteiger partial charge >= 0.3 is 12.1 Å². The van der Waals surface area contributed by atoms with Gasteiger partial charge in [0.2, 0.25) is 5.91 Å². The van der Waals surface area contributed by atoms with E-state index >= 15 is 0 Å². The normalized spacial score (nSPS) is 12.8. The topological polar surface area (TPSA) is 105 Å². The molecule has 0 spiro atoms. The Kier molecular flexibility index (Phi) is 14.2. The van der Waals surface area contributed by atoms with Crippen LogP contribution in [0.1, 0.15) is 114 Å². The van der Waals surface area contributed by atoms with Crippen LogP contribution in [-0.4, -0.2) is 42.3 Å². The summed E-state index contributed by atoms with van der Waals surface area (Å²) in [4.78, 5) is 36.3. The van der Waals surface area contributed by atoms with Crippen LogP contribution in [0.4, 0.5) is 4.79 Å². The highest BCUT2D eigenvalue weighted by Gasteiger charge is 2.29. The predicted octanol–water partition coefficient (Wildman–Crippen LogP) is 7.58. The number of alkyl carbamates (subject to hydrolysis) is 1. The smallest absolute Gasteiger partial charge is 0.407 e. The van der Waals surface area contributed by atoms with Gasteiger partial charge in [-0.1, -0.05) is 126 Å². The van der Waals surface area contributed by atoms with Crippen molar-refractivity contribution in [3.63, 3.8) is 0 Å². The molecular weight excluding hydrogens is 516 g/mol. The summed E-state index contributed by atoms with van der Waals surface area (Å²) in [7, 11) is 0. The summed E-state index contributed by atoms with van der Waals surface area (Å²) in [5.74, 6) is -1.41. The second-order valence-corrected chi connectivity index (χ2v) is 11.1. The van der Waals surface area contributed by atoms with E-state index in [4.69, 9.17) is 4.74 Å². The van der Waals surface area contributed by atoms with Gasteiger partial charge in [-0.25, -0.2) is 9.59 Å². The van der Waals surface area contributed by atoms with Gasteiger partial charge in [-0.05, 0) is 35.1 Å². The molecule has 2 aromatic rings. The van der Waals surface area contributed by atoms with Crippen LogP contribution in [-0.2, 0) is 14.3 Å². The van der Waals surface area contributed by atoms with E-state index in [0.717, 1.165) is 41.5 Å². The largest absolute Gasteiger partial charge is 0.480 e. The number of fused-ring (bicyclic) bond motifs is 3. The molecule has 1 aliphatic rings. The number of unbranched alkanes of at least 4 members (excludes halogenated alkanes) is 11. The van der Waals surface area contributed by atoms with Crippen molar-refractivity contribution in [2.24, 2.45) is 0 Å². The number of hydrogen-bond acceptors (Lipinski definition) is 4. The highest BCUT2D eigenvalue weighted by atomic mass is 16.5. The maximum Gasteiger partial charge on any atom is 0.407 e. The van der Waals surface area contributed by atoms with Crippen molar-refractivity contribution in [3.05, 3.63) is 59.7 Å². The van der Waals surface area contributed by atoms with Crippen LogP contribution in [0.3, 0.4) is 0 Å². The lowest BCUT2D eigenvalue weighted by molar-refractivity contribution is -0.142. The molecule has 0 unspecified atom stereocenters. The summed E-state index contributed by atoms with van der Waals surface area (Å²) >= 11 is 0. The van der Waals surface area contributed by atoms with Crippen LogP contribution in [0.2, 0.25) is 0 Å². The zero-order chi connectivity index (χ0) is 29.3. The molecule has 1 aliphatic carbocycles. The third-order valence-electron chi connectivity index (χ3n) is 7.94. The number of hydrogen-bond donors (Lipinski definition) is 3. The van der Waals surface area contributed by atoms with Crippen molar-refractivity contribution in [1.29, 1.82) is 0 Å². The van der Waals surface area contributed by atoms with Crippen LogP contribution in [0.25, 0.3) is 11.1 Å². The fraction of sp³-hybridized carbons (Fsp3) is 0.559. The summed E-state index contributed by atoms with van der Waals surface area (Å²) in [5.41, 5.74) is 4.56. The molecule has 0 saturated carbocycles. The van der Waals surface area contributed by atoms with E-state index in [1.54, 1.807) is 0 Å². The van der Waals surface area contributed by atoms with E-state index in [9.17, 15) is 19.5 Å². The Labute approximate surface area is 245 Å². The van der Waals surface area contributed by atoms with Gasteiger partial charge in [0.25, 0.3) is 0 Å². The van der Waals surface area contributed by atoms with Gasteiger partial charge < -0.3 is 20.5 Å². The Hall–Kier alpha value is -3.35. The standard InChI is InChI=1S/C34H48N2O5/c1-2-3-4-5-6-7-8-9-10-11-12-13-22-32(37)36-31(33(38)39)23-24-35-34(40)41-25-30-28-20-16-14-18-26(28)27-19-15-17-21-29(27)30/h14-21,30-31H,2-13,22-25H2,1H3,(H,35,40)(H,36,37)(H,38,39)/t31-/m0/s1. The Morgan fingerprint density at radius 2 is 1.29 bits per heavy atom. The lowest BCUT2D eigenvalue weighted by Gasteiger charge is -2.16. The Morgan fingerprint density at radius 3 is 1.83 bits per heavy atom. The minimum absolute atomic E-state index is 0.0421. The molecule has 0 aliphatic heterocycles. The fourth-order valence-corrected chi connectivity index (χ4v) is 5.62. The SMILES string of the molecule is CCCCCCCCCCCCCCC(=O)N[C@@H](CCNC(=O)OCC1c2ccccc2-c2ccccc21)C(=O)O. The number of carboxylic acids is 1. The van der Waals surface area contributed by atoms with E-state index < -0.39 is 18.1 Å². The Balaban J connectivity index is 1.26. The molecule has 0 aromatic heterocycles. The van der Waals surface area contributed by atoms with Gasteiger partial charge in [0, 0.05) is 18.9 Å². The molecule has 0 radical (unpaired) electrons. The monoisotopic (exact) mass is 564 g/mol. The molecule has 41 heavy (non-hydrogen) atoms. The number of rotatable bonds is 20. The average molecular weight is 565 g/mol. The molecule has 2 amide bonds. The van der Waals surface area contributed by atoms with E-state index in [0.29, 0.717) is 6.42 Å². The minimum Gasteiger partial charge on any atom is -0.480 e. The van der Waals surface area contributed by atoms with Gasteiger partial charge in [-0.15, -0.1) is 0 Å². The highest BCUT2D eigenvalue weighted by Crippen LogP contribution is 2.44. The van der Waals surface area contributed by atoms with Gasteiger partial charge in [0.15, 0.2) is 0 Å². The summed E-state index contributed by atoms with van der Waals surface area (Å²) in [5, 5.41) is 14.8. The van der Waals surface area contributed by atoms with E-state index in [-0.39, 0.29) is 31.4 Å². The van der Waals surface area contributed by atoms with Crippen molar-refractivity contribution in [1.82, 2.24) is 10.6 Å². The first-order valence-corrected chi connectivity index (χ1v) is 15.6. The first-order chi connectivity index (χ1) is 20.0. The second-order valence-electron chi connectivity index (χ2n) is 11.1. The number of amides is 2. The number of aliphatic carboxylic acids is 1. The molecule has 2 aromatic carbocycles. The van der Waals surface area contributed by atoms with Crippen molar-refractivity contribution in [2.45, 2.75) is 109 Å². The fourth-order valence-electron chi connectivity index (χ4n) is 5.62. The Morgan fingerprint density at radius 1 is 0.780 bits per heavy atom. The minimum atomic E-state index is -1.11. The third-order valence-corrected chi connectivity index (χ3v) is 7.94. The lowest BCUT2D eigenvalue weighted by atomic mass is 9.98. The van der Waals surface area contributed by atoms with Crippen LogP contribution < -0.4 is 10.6 Å². The van der Waals surface area contributed by atoms with Crippen molar-refractivity contribution >= 4 is 18.0 Å². The lowest BCUT2D eigenvalue weighted by Crippen LogP contribution is -2.43.